The highest BCUT2D eigenvalue weighted by Crippen LogP contribution is 2.47. The van der Waals surface area contributed by atoms with E-state index < -0.39 is 10.0 Å². The van der Waals surface area contributed by atoms with Gasteiger partial charge in [-0.25, -0.2) is 18.1 Å². The molecule has 0 aromatic carbocycles. The Morgan fingerprint density at radius 1 is 1.59 bits per heavy atom. The van der Waals surface area contributed by atoms with Crippen molar-refractivity contribution < 1.29 is 8.42 Å². The first-order valence-corrected chi connectivity index (χ1v) is 7.17. The summed E-state index contributed by atoms with van der Waals surface area (Å²) in [4.78, 5) is 6.60. The molecule has 0 atom stereocenters. The van der Waals surface area contributed by atoms with Crippen LogP contribution in [0.1, 0.15) is 25.1 Å². The van der Waals surface area contributed by atoms with E-state index in [-0.39, 0.29) is 10.4 Å². The Balaban J connectivity index is 1.99. The number of aromatic nitrogens is 2. The Morgan fingerprint density at radius 2 is 2.29 bits per heavy atom. The minimum absolute atomic E-state index is 0.0941. The SMILES string of the molecule is Cc1ncc(S(=O)(=O)NCC2(CCN)CC2)[nH]1. The Morgan fingerprint density at radius 3 is 2.76 bits per heavy atom. The van der Waals surface area contributed by atoms with Crippen LogP contribution >= 0.6 is 0 Å². The van der Waals surface area contributed by atoms with Gasteiger partial charge in [-0.2, -0.15) is 0 Å². The molecule has 1 heterocycles. The van der Waals surface area contributed by atoms with Crippen LogP contribution in [0.25, 0.3) is 0 Å². The van der Waals surface area contributed by atoms with E-state index in [1.165, 1.54) is 6.20 Å². The summed E-state index contributed by atoms with van der Waals surface area (Å²) in [6, 6.07) is 0. The second-order valence-corrected chi connectivity index (χ2v) is 6.43. The van der Waals surface area contributed by atoms with E-state index in [0.717, 1.165) is 19.3 Å². The molecule has 0 saturated heterocycles. The highest BCUT2D eigenvalue weighted by Gasteiger charge is 2.42. The molecule has 6 nitrogen and oxygen atoms in total. The summed E-state index contributed by atoms with van der Waals surface area (Å²) in [7, 11) is -3.46. The molecule has 2 rings (SSSR count). The van der Waals surface area contributed by atoms with Gasteiger partial charge in [-0.1, -0.05) is 0 Å². The van der Waals surface area contributed by atoms with Gasteiger partial charge in [0.25, 0.3) is 10.0 Å². The number of hydrogen-bond donors (Lipinski definition) is 3. The number of hydrogen-bond acceptors (Lipinski definition) is 4. The molecular formula is C10H18N4O2S. The molecule has 0 radical (unpaired) electrons. The van der Waals surface area contributed by atoms with Gasteiger partial charge in [0, 0.05) is 6.54 Å². The Kier molecular flexibility index (Phi) is 3.24. The highest BCUT2D eigenvalue weighted by atomic mass is 32.2. The van der Waals surface area contributed by atoms with E-state index in [4.69, 9.17) is 5.73 Å². The molecule has 0 bridgehead atoms. The van der Waals surface area contributed by atoms with Gasteiger partial charge in [0.1, 0.15) is 5.82 Å². The van der Waals surface area contributed by atoms with Crippen molar-refractivity contribution in [2.45, 2.75) is 31.2 Å². The molecule has 1 aromatic heterocycles. The molecular weight excluding hydrogens is 240 g/mol. The van der Waals surface area contributed by atoms with E-state index in [0.29, 0.717) is 18.9 Å². The van der Waals surface area contributed by atoms with Crippen LogP contribution in [0.5, 0.6) is 0 Å². The second-order valence-electron chi connectivity index (χ2n) is 4.70. The Bertz CT molecular complexity index is 490. The minimum Gasteiger partial charge on any atom is -0.332 e. The van der Waals surface area contributed by atoms with Crippen LogP contribution in [0.4, 0.5) is 0 Å². The Labute approximate surface area is 101 Å². The van der Waals surface area contributed by atoms with Gasteiger partial charge >= 0.3 is 0 Å². The van der Waals surface area contributed by atoms with Gasteiger partial charge in [-0.15, -0.1) is 0 Å². The first-order chi connectivity index (χ1) is 7.97. The lowest BCUT2D eigenvalue weighted by molar-refractivity contribution is 0.461. The Hall–Kier alpha value is -0.920. The minimum atomic E-state index is -3.46. The van der Waals surface area contributed by atoms with Gasteiger partial charge < -0.3 is 10.7 Å². The van der Waals surface area contributed by atoms with Gasteiger partial charge in [-0.3, -0.25) is 0 Å². The number of nitrogens with zero attached hydrogens (tertiary/aromatic N) is 1. The van der Waals surface area contributed by atoms with Crippen LogP contribution in [-0.2, 0) is 10.0 Å². The van der Waals surface area contributed by atoms with Crippen molar-refractivity contribution in [3.8, 4) is 0 Å². The molecule has 1 aromatic rings. The molecule has 7 heteroatoms. The molecule has 96 valence electrons. The van der Waals surface area contributed by atoms with Crippen molar-refractivity contribution in [3.05, 3.63) is 12.0 Å². The van der Waals surface area contributed by atoms with E-state index in [1.807, 2.05) is 0 Å². The maximum atomic E-state index is 11.9. The van der Waals surface area contributed by atoms with Crippen molar-refractivity contribution in [3.63, 3.8) is 0 Å². The fraction of sp³-hybridized carbons (Fsp3) is 0.700. The van der Waals surface area contributed by atoms with Crippen LogP contribution in [0, 0.1) is 12.3 Å². The first kappa shape index (κ1) is 12.5. The molecule has 0 aliphatic heterocycles. The standard InChI is InChI=1S/C10H18N4O2S/c1-8-12-6-9(14-8)17(15,16)13-7-10(2-3-10)4-5-11/h6,13H,2-5,7,11H2,1H3,(H,12,14). The lowest BCUT2D eigenvalue weighted by Gasteiger charge is -2.14. The molecule has 1 saturated carbocycles. The summed E-state index contributed by atoms with van der Waals surface area (Å²) in [5.74, 6) is 0.591. The van der Waals surface area contributed by atoms with Gasteiger partial charge in [0.2, 0.25) is 0 Å². The predicted molar refractivity (Wildman–Crippen MR) is 63.9 cm³/mol. The summed E-state index contributed by atoms with van der Waals surface area (Å²) in [5.41, 5.74) is 5.61. The van der Waals surface area contributed by atoms with Crippen LogP contribution in [-0.4, -0.2) is 31.5 Å². The third-order valence-corrected chi connectivity index (χ3v) is 4.55. The van der Waals surface area contributed by atoms with Crippen molar-refractivity contribution in [1.29, 1.82) is 0 Å². The zero-order valence-electron chi connectivity index (χ0n) is 9.86. The largest absolute Gasteiger partial charge is 0.332 e. The maximum Gasteiger partial charge on any atom is 0.257 e. The number of nitrogens with two attached hydrogens (primary N) is 1. The van der Waals surface area contributed by atoms with Gasteiger partial charge in [-0.05, 0) is 38.1 Å². The summed E-state index contributed by atoms with van der Waals surface area (Å²) >= 11 is 0. The van der Waals surface area contributed by atoms with Crippen molar-refractivity contribution in [1.82, 2.24) is 14.7 Å². The van der Waals surface area contributed by atoms with Crippen molar-refractivity contribution in [2.75, 3.05) is 13.1 Å². The number of imidazole rings is 1. The molecule has 1 aliphatic rings. The molecule has 1 aliphatic carbocycles. The third kappa shape index (κ3) is 2.85. The lowest BCUT2D eigenvalue weighted by Crippen LogP contribution is -2.31. The van der Waals surface area contributed by atoms with E-state index in [1.54, 1.807) is 6.92 Å². The zero-order valence-corrected chi connectivity index (χ0v) is 10.7. The van der Waals surface area contributed by atoms with Crippen LogP contribution < -0.4 is 10.5 Å². The number of H-pyrrole nitrogens is 1. The smallest absolute Gasteiger partial charge is 0.257 e. The van der Waals surface area contributed by atoms with Crippen LogP contribution in [0.3, 0.4) is 0 Å². The molecule has 0 unspecified atom stereocenters. The maximum absolute atomic E-state index is 11.9. The normalized spacial score (nSPS) is 18.2. The summed E-state index contributed by atoms with van der Waals surface area (Å²) in [6.07, 6.45) is 4.31. The number of aryl methyl sites for hydroxylation is 1. The molecule has 17 heavy (non-hydrogen) atoms. The average Bonchev–Trinajstić information content (AvgIpc) is 2.89. The van der Waals surface area contributed by atoms with Gasteiger partial charge in [0.15, 0.2) is 5.03 Å². The van der Waals surface area contributed by atoms with Crippen molar-refractivity contribution >= 4 is 10.0 Å². The quantitative estimate of drug-likeness (QED) is 0.675. The van der Waals surface area contributed by atoms with E-state index in [2.05, 4.69) is 14.7 Å². The van der Waals surface area contributed by atoms with Crippen LogP contribution in [0.2, 0.25) is 0 Å². The molecule has 4 N–H and O–H groups in total. The van der Waals surface area contributed by atoms with E-state index >= 15 is 0 Å². The van der Waals surface area contributed by atoms with Crippen molar-refractivity contribution in [2.24, 2.45) is 11.1 Å². The fourth-order valence-electron chi connectivity index (χ4n) is 1.86. The van der Waals surface area contributed by atoms with E-state index in [9.17, 15) is 8.42 Å². The molecule has 0 amide bonds. The third-order valence-electron chi connectivity index (χ3n) is 3.24. The van der Waals surface area contributed by atoms with Gasteiger partial charge in [0.05, 0.1) is 6.20 Å². The summed E-state index contributed by atoms with van der Waals surface area (Å²) in [6.45, 7) is 2.78. The number of sulfonamides is 1. The lowest BCUT2D eigenvalue weighted by atomic mass is 10.0. The average molecular weight is 258 g/mol. The molecule has 1 fully saturated rings. The highest BCUT2D eigenvalue weighted by molar-refractivity contribution is 7.89. The second kappa shape index (κ2) is 4.40. The molecule has 0 spiro atoms. The van der Waals surface area contributed by atoms with Crippen LogP contribution in [0.15, 0.2) is 11.2 Å². The number of rotatable bonds is 6. The predicted octanol–water partition coefficient (Wildman–Crippen LogP) is 0.125. The zero-order chi connectivity index (χ0) is 12.5. The fourth-order valence-corrected chi connectivity index (χ4v) is 2.98. The summed E-state index contributed by atoms with van der Waals surface area (Å²) < 4.78 is 26.4. The first-order valence-electron chi connectivity index (χ1n) is 5.69. The number of aromatic amines is 1. The summed E-state index contributed by atoms with van der Waals surface area (Å²) in [5, 5.41) is 0.124. The topological polar surface area (TPSA) is 101 Å². The monoisotopic (exact) mass is 258 g/mol. The number of nitrogens with one attached hydrogen (secondary N) is 2.